The molecule has 3 amide bonds. The van der Waals surface area contributed by atoms with E-state index in [2.05, 4.69) is 15.3 Å². The van der Waals surface area contributed by atoms with E-state index in [1.807, 2.05) is 13.8 Å². The molecular formula is C24H31ClFN5O4. The second-order valence-electron chi connectivity index (χ2n) is 9.46. The van der Waals surface area contributed by atoms with Crippen molar-refractivity contribution in [3.63, 3.8) is 0 Å². The molecule has 1 aliphatic carbocycles. The molecule has 0 bridgehead atoms. The first-order valence-electron chi connectivity index (χ1n) is 11.4. The van der Waals surface area contributed by atoms with Gasteiger partial charge in [0.05, 0.1) is 22.6 Å². The van der Waals surface area contributed by atoms with Crippen LogP contribution in [0.5, 0.6) is 0 Å². The molecule has 1 aromatic heterocycles. The van der Waals surface area contributed by atoms with Gasteiger partial charge in [0.1, 0.15) is 11.5 Å². The van der Waals surface area contributed by atoms with Gasteiger partial charge in [-0.15, -0.1) is 0 Å². The maximum absolute atomic E-state index is 13.7. The minimum absolute atomic E-state index is 0.0330. The van der Waals surface area contributed by atoms with Crippen molar-refractivity contribution in [1.82, 2.24) is 14.9 Å². The molecule has 1 aromatic carbocycles. The fourth-order valence-electron chi connectivity index (χ4n) is 4.27. The predicted octanol–water partition coefficient (Wildman–Crippen LogP) is 3.67. The zero-order valence-electron chi connectivity index (χ0n) is 20.3. The lowest BCUT2D eigenvalue weighted by atomic mass is 9.84. The number of H-pyrrole nitrogens is 1. The first-order valence-corrected chi connectivity index (χ1v) is 11.8. The summed E-state index contributed by atoms with van der Waals surface area (Å²) in [5.41, 5.74) is 5.41. The largest absolute Gasteiger partial charge is 0.377 e. The second kappa shape index (κ2) is 10.7. The number of primary amides is 1. The number of aromatic amines is 1. The van der Waals surface area contributed by atoms with Crippen molar-refractivity contribution in [1.29, 1.82) is 0 Å². The number of anilines is 1. The smallest absolute Gasteiger partial charge is 0.273 e. The third kappa shape index (κ3) is 6.18. The highest BCUT2D eigenvalue weighted by Crippen LogP contribution is 2.32. The number of aromatic nitrogens is 2. The van der Waals surface area contributed by atoms with E-state index < -0.39 is 23.2 Å². The Labute approximate surface area is 208 Å². The lowest BCUT2D eigenvalue weighted by molar-refractivity contribution is -0.121. The number of carbonyl (C=O) groups is 3. The predicted molar refractivity (Wildman–Crippen MR) is 130 cm³/mol. The van der Waals surface area contributed by atoms with E-state index in [1.165, 1.54) is 18.5 Å². The number of nitrogens with two attached hydrogens (primary N) is 1. The Morgan fingerprint density at radius 1 is 1.29 bits per heavy atom. The van der Waals surface area contributed by atoms with Gasteiger partial charge in [0.15, 0.2) is 5.69 Å². The van der Waals surface area contributed by atoms with Crippen molar-refractivity contribution in [2.45, 2.75) is 58.1 Å². The fraction of sp³-hybridized carbons (Fsp3) is 0.500. The number of rotatable bonds is 8. The first-order chi connectivity index (χ1) is 16.4. The van der Waals surface area contributed by atoms with E-state index in [-0.39, 0.29) is 40.8 Å². The van der Waals surface area contributed by atoms with Crippen molar-refractivity contribution in [3.8, 4) is 0 Å². The van der Waals surface area contributed by atoms with Gasteiger partial charge in [-0.3, -0.25) is 14.4 Å². The molecule has 0 aliphatic heterocycles. The van der Waals surface area contributed by atoms with Crippen molar-refractivity contribution in [3.05, 3.63) is 46.3 Å². The molecule has 1 aliphatic rings. The summed E-state index contributed by atoms with van der Waals surface area (Å²) in [6.45, 7) is 5.60. The summed E-state index contributed by atoms with van der Waals surface area (Å²) >= 11 is 6.09. The molecule has 35 heavy (non-hydrogen) atoms. The SMILES string of the molecule is COC(C)(C)CN(C(=O)c1[nH]cnc1C(N)=O)C1CCC(C(=O)Nc2cc(C)c(F)cc2Cl)CC1. The number of nitrogens with zero attached hydrogens (tertiary/aromatic N) is 2. The van der Waals surface area contributed by atoms with Gasteiger partial charge >= 0.3 is 0 Å². The number of methoxy groups -OCH3 is 1. The fourth-order valence-corrected chi connectivity index (χ4v) is 4.46. The van der Waals surface area contributed by atoms with Crippen LogP contribution in [0.25, 0.3) is 0 Å². The van der Waals surface area contributed by atoms with Crippen LogP contribution in [0.4, 0.5) is 10.1 Å². The molecule has 3 rings (SSSR count). The van der Waals surface area contributed by atoms with Gasteiger partial charge in [-0.2, -0.15) is 0 Å². The Morgan fingerprint density at radius 2 is 1.94 bits per heavy atom. The summed E-state index contributed by atoms with van der Waals surface area (Å²) in [6.07, 6.45) is 3.48. The maximum Gasteiger partial charge on any atom is 0.273 e. The van der Waals surface area contributed by atoms with Crippen molar-refractivity contribution < 1.29 is 23.5 Å². The van der Waals surface area contributed by atoms with Crippen molar-refractivity contribution in [2.75, 3.05) is 19.0 Å². The van der Waals surface area contributed by atoms with E-state index in [1.54, 1.807) is 18.9 Å². The Kier molecular flexibility index (Phi) is 8.17. The molecule has 0 atom stereocenters. The molecule has 1 heterocycles. The number of ether oxygens (including phenoxy) is 1. The highest BCUT2D eigenvalue weighted by atomic mass is 35.5. The van der Waals surface area contributed by atoms with Gasteiger partial charge in [-0.1, -0.05) is 11.6 Å². The molecule has 9 nitrogen and oxygen atoms in total. The number of hydrogen-bond donors (Lipinski definition) is 3. The Morgan fingerprint density at radius 3 is 2.54 bits per heavy atom. The van der Waals surface area contributed by atoms with E-state index >= 15 is 0 Å². The summed E-state index contributed by atoms with van der Waals surface area (Å²) in [5.74, 6) is -2.11. The third-order valence-corrected chi connectivity index (χ3v) is 6.78. The van der Waals surface area contributed by atoms with Gasteiger partial charge in [-0.25, -0.2) is 9.37 Å². The lowest BCUT2D eigenvalue weighted by Crippen LogP contribution is -2.50. The van der Waals surface area contributed by atoms with Crippen LogP contribution in [0.15, 0.2) is 18.5 Å². The molecule has 1 fully saturated rings. The number of carbonyl (C=O) groups excluding carboxylic acids is 3. The molecular weight excluding hydrogens is 477 g/mol. The van der Waals surface area contributed by atoms with Gasteiger partial charge in [-0.05, 0) is 64.2 Å². The molecule has 0 spiro atoms. The van der Waals surface area contributed by atoms with Crippen LogP contribution in [0.2, 0.25) is 5.02 Å². The summed E-state index contributed by atoms with van der Waals surface area (Å²) in [6, 6.07) is 2.51. The van der Waals surface area contributed by atoms with E-state index in [0.29, 0.717) is 36.9 Å². The molecule has 0 radical (unpaired) electrons. The quantitative estimate of drug-likeness (QED) is 0.501. The van der Waals surface area contributed by atoms with Crippen molar-refractivity contribution in [2.24, 2.45) is 11.7 Å². The zero-order valence-corrected chi connectivity index (χ0v) is 21.0. The van der Waals surface area contributed by atoms with Crippen LogP contribution < -0.4 is 11.1 Å². The van der Waals surface area contributed by atoms with Crippen LogP contribution in [-0.4, -0.2) is 57.9 Å². The number of benzene rings is 1. The summed E-state index contributed by atoms with van der Waals surface area (Å²) in [5, 5.41) is 2.94. The number of aryl methyl sites for hydroxylation is 1. The van der Waals surface area contributed by atoms with Crippen LogP contribution in [-0.2, 0) is 9.53 Å². The van der Waals surface area contributed by atoms with Crippen LogP contribution >= 0.6 is 11.6 Å². The topological polar surface area (TPSA) is 130 Å². The van der Waals surface area contributed by atoms with E-state index in [0.717, 1.165) is 0 Å². The number of nitrogens with one attached hydrogen (secondary N) is 2. The Bertz CT molecular complexity index is 1110. The van der Waals surface area contributed by atoms with Crippen LogP contribution in [0.1, 0.15) is 66.1 Å². The van der Waals surface area contributed by atoms with Crippen LogP contribution in [0.3, 0.4) is 0 Å². The average Bonchev–Trinajstić information content (AvgIpc) is 3.31. The molecule has 11 heteroatoms. The lowest BCUT2D eigenvalue weighted by Gasteiger charge is -2.40. The monoisotopic (exact) mass is 507 g/mol. The van der Waals surface area contributed by atoms with Gasteiger partial charge in [0.25, 0.3) is 11.8 Å². The van der Waals surface area contributed by atoms with Crippen molar-refractivity contribution >= 4 is 35.0 Å². The minimum Gasteiger partial charge on any atom is -0.377 e. The summed E-state index contributed by atoms with van der Waals surface area (Å²) < 4.78 is 19.2. The molecule has 4 N–H and O–H groups in total. The van der Waals surface area contributed by atoms with Crippen LogP contribution in [0, 0.1) is 18.7 Å². The highest BCUT2D eigenvalue weighted by Gasteiger charge is 2.36. The van der Waals surface area contributed by atoms with Gasteiger partial charge in [0.2, 0.25) is 5.91 Å². The molecule has 190 valence electrons. The third-order valence-electron chi connectivity index (χ3n) is 6.47. The molecule has 0 unspecified atom stereocenters. The van der Waals surface area contributed by atoms with Gasteiger partial charge in [0, 0.05) is 25.6 Å². The number of amides is 3. The zero-order chi connectivity index (χ0) is 25.9. The van der Waals surface area contributed by atoms with E-state index in [4.69, 9.17) is 22.1 Å². The number of halogens is 2. The second-order valence-corrected chi connectivity index (χ2v) is 9.87. The normalized spacial score (nSPS) is 18.2. The summed E-state index contributed by atoms with van der Waals surface area (Å²) in [4.78, 5) is 46.3. The summed E-state index contributed by atoms with van der Waals surface area (Å²) in [7, 11) is 1.57. The average molecular weight is 508 g/mol. The number of hydrogen-bond acceptors (Lipinski definition) is 5. The highest BCUT2D eigenvalue weighted by molar-refractivity contribution is 6.33. The molecule has 1 saturated carbocycles. The van der Waals surface area contributed by atoms with Gasteiger partial charge < -0.3 is 25.7 Å². The standard InChI is InChI=1S/C24H31ClFN5O4/c1-13-9-18(16(25)10-17(13)26)30-22(33)14-5-7-15(8-6-14)31(11-24(2,3)35-4)23(34)20-19(21(27)32)28-12-29-20/h9-10,12,14-15H,5-8,11H2,1-4H3,(H2,27,32)(H,28,29)(H,30,33). The minimum atomic E-state index is -0.796. The number of imidazole rings is 1. The Hall–Kier alpha value is -2.98. The van der Waals surface area contributed by atoms with E-state index in [9.17, 15) is 18.8 Å². The molecule has 0 saturated heterocycles. The first kappa shape index (κ1) is 26.6. The molecule has 2 aromatic rings. The Balaban J connectivity index is 1.73. The maximum atomic E-state index is 13.7.